The SMILES string of the molecule is O=C(NN1CC2C=CCC2C1)c1nn(-c2ccc(Cl)cc2Cl)c2c1COC/C2=C\c1cccs1. The summed E-state index contributed by atoms with van der Waals surface area (Å²) in [7, 11) is 0. The molecule has 34 heavy (non-hydrogen) atoms. The molecule has 6 nitrogen and oxygen atoms in total. The van der Waals surface area contributed by atoms with E-state index in [-0.39, 0.29) is 5.91 Å². The highest BCUT2D eigenvalue weighted by Gasteiger charge is 2.35. The number of hydrogen-bond donors (Lipinski definition) is 1. The molecule has 1 saturated heterocycles. The first-order valence-electron chi connectivity index (χ1n) is 11.2. The molecule has 3 aliphatic rings. The molecule has 0 bridgehead atoms. The Bertz CT molecular complexity index is 1310. The van der Waals surface area contributed by atoms with Crippen molar-refractivity contribution < 1.29 is 9.53 Å². The van der Waals surface area contributed by atoms with Crippen molar-refractivity contribution in [3.63, 3.8) is 0 Å². The first-order chi connectivity index (χ1) is 16.6. The number of aromatic nitrogens is 2. The summed E-state index contributed by atoms with van der Waals surface area (Å²) in [5.74, 6) is 0.844. The van der Waals surface area contributed by atoms with Crippen LogP contribution in [0.4, 0.5) is 0 Å². The van der Waals surface area contributed by atoms with Crippen molar-refractivity contribution in [1.29, 1.82) is 0 Å². The number of nitrogens with zero attached hydrogens (tertiary/aromatic N) is 3. The van der Waals surface area contributed by atoms with E-state index < -0.39 is 0 Å². The molecule has 2 atom stereocenters. The van der Waals surface area contributed by atoms with Gasteiger partial charge in [0.05, 0.1) is 29.6 Å². The number of thiophene rings is 1. The van der Waals surface area contributed by atoms with E-state index >= 15 is 0 Å². The second-order valence-corrected chi connectivity index (χ2v) is 10.6. The van der Waals surface area contributed by atoms with Crippen molar-refractivity contribution in [2.45, 2.75) is 13.0 Å². The van der Waals surface area contributed by atoms with Gasteiger partial charge in [-0.15, -0.1) is 11.3 Å². The molecule has 2 aliphatic heterocycles. The molecule has 1 aliphatic carbocycles. The number of carbonyl (C=O) groups excluding carboxylic acids is 1. The van der Waals surface area contributed by atoms with Crippen molar-refractivity contribution in [2.24, 2.45) is 11.8 Å². The summed E-state index contributed by atoms with van der Waals surface area (Å²) in [6, 6.07) is 9.34. The summed E-state index contributed by atoms with van der Waals surface area (Å²) in [5, 5.41) is 9.81. The molecule has 1 fully saturated rings. The lowest BCUT2D eigenvalue weighted by Crippen LogP contribution is -2.41. The monoisotopic (exact) mass is 512 g/mol. The second kappa shape index (κ2) is 8.98. The molecule has 9 heteroatoms. The summed E-state index contributed by atoms with van der Waals surface area (Å²) in [6.45, 7) is 2.39. The van der Waals surface area contributed by atoms with E-state index in [4.69, 9.17) is 33.0 Å². The Hall–Kier alpha value is -2.42. The maximum Gasteiger partial charge on any atom is 0.286 e. The lowest BCUT2D eigenvalue weighted by atomic mass is 10.0. The standard InChI is InChI=1S/C25H22Cl2N4O2S/c26-18-6-7-22(21(27)10-18)31-24-17(9-19-5-2-8-34-19)13-33-14-20(24)23(28-31)25(32)29-30-11-15-3-1-4-16(15)12-30/h1-3,5-10,15-16H,4,11-14H2,(H,29,32)/b17-9+. The Balaban J connectivity index is 1.41. The van der Waals surface area contributed by atoms with Crippen molar-refractivity contribution in [3.05, 3.63) is 79.7 Å². The van der Waals surface area contributed by atoms with Gasteiger partial charge in [-0.3, -0.25) is 10.2 Å². The zero-order chi connectivity index (χ0) is 23.2. The minimum atomic E-state index is -0.231. The topological polar surface area (TPSA) is 59.4 Å². The molecule has 0 spiro atoms. The molecule has 1 amide bonds. The van der Waals surface area contributed by atoms with Gasteiger partial charge in [0.2, 0.25) is 0 Å². The Labute approximate surface area is 211 Å². The Kier molecular flexibility index (Phi) is 5.83. The van der Waals surface area contributed by atoms with Crippen LogP contribution in [-0.4, -0.2) is 40.4 Å². The van der Waals surface area contributed by atoms with Crippen LogP contribution in [0.3, 0.4) is 0 Å². The minimum Gasteiger partial charge on any atom is -0.372 e. The summed E-state index contributed by atoms with van der Waals surface area (Å²) in [6.07, 6.45) is 7.65. The molecule has 1 N–H and O–H groups in total. The normalized spacial score (nSPS) is 22.8. The van der Waals surface area contributed by atoms with E-state index in [1.807, 2.05) is 28.6 Å². The van der Waals surface area contributed by atoms with Crippen LogP contribution in [-0.2, 0) is 11.3 Å². The number of rotatable bonds is 4. The fourth-order valence-electron chi connectivity index (χ4n) is 4.99. The van der Waals surface area contributed by atoms with Crippen molar-refractivity contribution in [3.8, 4) is 5.69 Å². The molecule has 174 valence electrons. The summed E-state index contributed by atoms with van der Waals surface area (Å²) < 4.78 is 7.66. The van der Waals surface area contributed by atoms with E-state index in [0.717, 1.165) is 41.2 Å². The van der Waals surface area contributed by atoms with Crippen LogP contribution < -0.4 is 5.43 Å². The summed E-state index contributed by atoms with van der Waals surface area (Å²) >= 11 is 14.4. The first-order valence-corrected chi connectivity index (χ1v) is 12.8. The van der Waals surface area contributed by atoms with Gasteiger partial charge in [-0.1, -0.05) is 41.4 Å². The molecule has 4 heterocycles. The number of carbonyl (C=O) groups is 1. The average molecular weight is 513 g/mol. The number of halogens is 2. The number of amides is 1. The molecule has 1 aromatic carbocycles. The van der Waals surface area contributed by atoms with Crippen molar-refractivity contribution >= 4 is 52.1 Å². The van der Waals surface area contributed by atoms with Crippen LogP contribution in [0.15, 0.2) is 47.9 Å². The molecule has 6 rings (SSSR count). The largest absolute Gasteiger partial charge is 0.372 e. The number of allylic oxidation sites excluding steroid dienone is 1. The highest BCUT2D eigenvalue weighted by atomic mass is 35.5. The predicted octanol–water partition coefficient (Wildman–Crippen LogP) is 5.46. The molecule has 0 saturated carbocycles. The zero-order valence-corrected chi connectivity index (χ0v) is 20.5. The Morgan fingerprint density at radius 1 is 1.24 bits per heavy atom. The van der Waals surface area contributed by atoms with E-state index in [1.165, 1.54) is 0 Å². The molecule has 0 radical (unpaired) electrons. The maximum atomic E-state index is 13.4. The second-order valence-electron chi connectivity index (χ2n) is 8.79. The first kappa shape index (κ1) is 22.1. The quantitative estimate of drug-likeness (QED) is 0.471. The molecular formula is C25H22Cl2N4O2S. The van der Waals surface area contributed by atoms with Crippen LogP contribution >= 0.6 is 34.5 Å². The van der Waals surface area contributed by atoms with Crippen LogP contribution in [0, 0.1) is 11.8 Å². The minimum absolute atomic E-state index is 0.231. The molecule has 3 aromatic rings. The van der Waals surface area contributed by atoms with Gasteiger partial charge in [0, 0.05) is 34.1 Å². The summed E-state index contributed by atoms with van der Waals surface area (Å²) in [4.78, 5) is 14.5. The van der Waals surface area contributed by atoms with Gasteiger partial charge in [0.15, 0.2) is 5.69 Å². The van der Waals surface area contributed by atoms with E-state index in [1.54, 1.807) is 28.2 Å². The van der Waals surface area contributed by atoms with Gasteiger partial charge in [0.25, 0.3) is 5.91 Å². The maximum absolute atomic E-state index is 13.4. The van der Waals surface area contributed by atoms with Gasteiger partial charge in [-0.05, 0) is 54.0 Å². The Morgan fingerprint density at radius 2 is 2.15 bits per heavy atom. The van der Waals surface area contributed by atoms with E-state index in [2.05, 4.69) is 23.7 Å². The van der Waals surface area contributed by atoms with Crippen molar-refractivity contribution in [2.75, 3.05) is 19.7 Å². The number of benzene rings is 1. The number of nitrogens with one attached hydrogen (secondary N) is 1. The lowest BCUT2D eigenvalue weighted by Gasteiger charge is -2.20. The average Bonchev–Trinajstić information content (AvgIpc) is 3.58. The van der Waals surface area contributed by atoms with Crippen molar-refractivity contribution in [1.82, 2.24) is 20.2 Å². The molecule has 2 unspecified atom stereocenters. The van der Waals surface area contributed by atoms with Crippen LogP contribution in [0.25, 0.3) is 17.3 Å². The highest BCUT2D eigenvalue weighted by molar-refractivity contribution is 7.10. The van der Waals surface area contributed by atoms with Gasteiger partial charge < -0.3 is 4.74 Å². The lowest BCUT2D eigenvalue weighted by molar-refractivity contribution is 0.0805. The van der Waals surface area contributed by atoms with Crippen LogP contribution in [0.5, 0.6) is 0 Å². The predicted molar refractivity (Wildman–Crippen MR) is 135 cm³/mol. The van der Waals surface area contributed by atoms with Crippen LogP contribution in [0.1, 0.15) is 33.0 Å². The zero-order valence-electron chi connectivity index (χ0n) is 18.2. The third-order valence-electron chi connectivity index (χ3n) is 6.58. The van der Waals surface area contributed by atoms with Gasteiger partial charge >= 0.3 is 0 Å². The Morgan fingerprint density at radius 3 is 2.94 bits per heavy atom. The third kappa shape index (κ3) is 4.01. The number of fused-ring (bicyclic) bond motifs is 2. The summed E-state index contributed by atoms with van der Waals surface area (Å²) in [5.41, 5.74) is 6.65. The number of hydrogen-bond acceptors (Lipinski definition) is 5. The van der Waals surface area contributed by atoms with E-state index in [0.29, 0.717) is 46.5 Å². The highest BCUT2D eigenvalue weighted by Crippen LogP contribution is 2.36. The fourth-order valence-corrected chi connectivity index (χ4v) is 6.16. The molecular weight excluding hydrogens is 491 g/mol. The number of hydrazine groups is 1. The smallest absolute Gasteiger partial charge is 0.286 e. The fraction of sp³-hybridized carbons (Fsp3) is 0.280. The number of ether oxygens (including phenoxy) is 1. The van der Waals surface area contributed by atoms with E-state index in [9.17, 15) is 4.79 Å². The van der Waals surface area contributed by atoms with Gasteiger partial charge in [0.1, 0.15) is 0 Å². The molecule has 2 aromatic heterocycles. The van der Waals surface area contributed by atoms with Crippen LogP contribution in [0.2, 0.25) is 10.0 Å². The third-order valence-corrected chi connectivity index (χ3v) is 7.93. The van der Waals surface area contributed by atoms with Gasteiger partial charge in [-0.25, -0.2) is 9.69 Å². The van der Waals surface area contributed by atoms with Gasteiger partial charge in [-0.2, -0.15) is 5.10 Å².